The lowest BCUT2D eigenvalue weighted by Gasteiger charge is -2.17. The van der Waals surface area contributed by atoms with E-state index in [0.717, 1.165) is 40.7 Å². The van der Waals surface area contributed by atoms with Crippen molar-refractivity contribution in [3.63, 3.8) is 0 Å². The van der Waals surface area contributed by atoms with Gasteiger partial charge in [0.15, 0.2) is 17.4 Å². The molecule has 0 bridgehead atoms. The zero-order valence-electron chi connectivity index (χ0n) is 16.6. The highest BCUT2D eigenvalue weighted by Gasteiger charge is 2.18. The van der Waals surface area contributed by atoms with E-state index in [2.05, 4.69) is 20.1 Å². The van der Waals surface area contributed by atoms with Gasteiger partial charge in [0.1, 0.15) is 5.70 Å². The lowest BCUT2D eigenvalue weighted by atomic mass is 10.1. The third-order valence-electron chi connectivity index (χ3n) is 5.14. The topological polar surface area (TPSA) is 103 Å². The van der Waals surface area contributed by atoms with Gasteiger partial charge in [-0.15, -0.1) is 0 Å². The fourth-order valence-corrected chi connectivity index (χ4v) is 3.71. The fraction of sp³-hybridized carbons (Fsp3) is 0.182. The third kappa shape index (κ3) is 3.65. The van der Waals surface area contributed by atoms with Crippen LogP contribution in [0.5, 0.6) is 5.75 Å². The van der Waals surface area contributed by atoms with E-state index in [9.17, 15) is 4.39 Å². The van der Waals surface area contributed by atoms with E-state index >= 15 is 0 Å². The summed E-state index contributed by atoms with van der Waals surface area (Å²) in [5.41, 5.74) is 6.78. The Bertz CT molecular complexity index is 1160. The van der Waals surface area contributed by atoms with Crippen LogP contribution in [-0.4, -0.2) is 23.2 Å². The fourth-order valence-electron chi connectivity index (χ4n) is 3.71. The van der Waals surface area contributed by atoms with Gasteiger partial charge in [-0.25, -0.2) is 10.2 Å². The molecule has 3 aromatic rings. The van der Waals surface area contributed by atoms with Crippen molar-refractivity contribution >= 4 is 22.5 Å². The van der Waals surface area contributed by atoms with Gasteiger partial charge in [0.25, 0.3) is 0 Å². The molecule has 0 radical (unpaired) electrons. The molecule has 154 valence electrons. The highest BCUT2D eigenvalue weighted by Crippen LogP contribution is 2.32. The van der Waals surface area contributed by atoms with E-state index in [1.54, 1.807) is 6.07 Å². The van der Waals surface area contributed by atoms with Gasteiger partial charge in [0.2, 0.25) is 0 Å². The lowest BCUT2D eigenvalue weighted by molar-refractivity contribution is 0.387. The van der Waals surface area contributed by atoms with Crippen LogP contribution < -0.4 is 21.8 Å². The Morgan fingerprint density at radius 3 is 2.77 bits per heavy atom. The van der Waals surface area contributed by atoms with Gasteiger partial charge in [-0.1, -0.05) is 36.4 Å². The molecular formula is C22H23FN6O. The number of nitrogens with one attached hydrogen (secondary N) is 1. The first-order valence-electron chi connectivity index (χ1n) is 9.58. The average Bonchev–Trinajstić information content (AvgIpc) is 3.12. The zero-order valence-corrected chi connectivity index (χ0v) is 16.6. The number of hydrogen-bond acceptors (Lipinski definition) is 5. The first kappa shape index (κ1) is 19.7. The minimum Gasteiger partial charge on any atom is -0.494 e. The van der Waals surface area contributed by atoms with Crippen molar-refractivity contribution in [1.82, 2.24) is 9.99 Å². The maximum absolute atomic E-state index is 14.5. The number of allylic oxidation sites excluding steroid dienone is 1. The number of aromatic nitrogens is 1. The van der Waals surface area contributed by atoms with E-state index in [-0.39, 0.29) is 5.75 Å². The van der Waals surface area contributed by atoms with Gasteiger partial charge in [-0.05, 0) is 30.5 Å². The van der Waals surface area contributed by atoms with Gasteiger partial charge >= 0.3 is 0 Å². The number of hydrazone groups is 1. The molecule has 0 amide bonds. The maximum atomic E-state index is 14.5. The molecule has 2 heterocycles. The number of benzene rings is 2. The quantitative estimate of drug-likeness (QED) is 0.262. The van der Waals surface area contributed by atoms with Crippen LogP contribution in [0.15, 0.2) is 70.4 Å². The number of hydrogen-bond donors (Lipinski definition) is 3. The van der Waals surface area contributed by atoms with Crippen LogP contribution in [-0.2, 0) is 6.54 Å². The normalized spacial score (nSPS) is 14.4. The minimum absolute atomic E-state index is 0.220. The summed E-state index contributed by atoms with van der Waals surface area (Å²) in [6, 6.07) is 15.3. The van der Waals surface area contributed by atoms with E-state index in [4.69, 9.17) is 16.4 Å². The molecule has 1 aliphatic heterocycles. The number of amidine groups is 1. The Morgan fingerprint density at radius 2 is 2.07 bits per heavy atom. The summed E-state index contributed by atoms with van der Waals surface area (Å²) in [5.74, 6) is 11.0. The summed E-state index contributed by atoms with van der Waals surface area (Å²) >= 11 is 0. The Balaban J connectivity index is 1.83. The summed E-state index contributed by atoms with van der Waals surface area (Å²) < 4.78 is 21.8. The molecular weight excluding hydrogens is 383 g/mol. The zero-order chi connectivity index (χ0) is 21.1. The highest BCUT2D eigenvalue weighted by molar-refractivity contribution is 6.02. The SMILES string of the molecule is COc1cc2cc(-c3ccccc3)n(CC3=NC(/C(=N/N)NN)=CCC3)c2cc1F. The van der Waals surface area contributed by atoms with Crippen molar-refractivity contribution in [1.29, 1.82) is 0 Å². The van der Waals surface area contributed by atoms with E-state index in [1.165, 1.54) is 13.2 Å². The van der Waals surface area contributed by atoms with Crippen molar-refractivity contribution in [2.75, 3.05) is 7.11 Å². The molecule has 0 unspecified atom stereocenters. The van der Waals surface area contributed by atoms with Gasteiger partial charge in [0.05, 0.1) is 19.2 Å². The standard InChI is InChI=1S/C22H23FN6O/c1-30-21-11-15-10-19(14-6-3-2-4-7-14)29(20(15)12-17(21)23)13-16-8-5-9-18(26-16)22(27-24)28-25/h2-4,6-7,9-12H,5,8,13,24-25H2,1H3,(H,27,28). The monoisotopic (exact) mass is 406 g/mol. The Labute approximate surface area is 173 Å². The second-order valence-corrected chi connectivity index (χ2v) is 6.96. The number of aliphatic imine (C=N–C) groups is 1. The molecule has 7 nitrogen and oxygen atoms in total. The van der Waals surface area contributed by atoms with E-state index < -0.39 is 5.82 Å². The predicted molar refractivity (Wildman–Crippen MR) is 118 cm³/mol. The summed E-state index contributed by atoms with van der Waals surface area (Å²) in [6.07, 6.45) is 3.50. The number of halogens is 1. The molecule has 0 fully saturated rings. The van der Waals surface area contributed by atoms with Gasteiger partial charge < -0.3 is 20.6 Å². The van der Waals surface area contributed by atoms with Gasteiger partial charge in [0, 0.05) is 22.9 Å². The number of ether oxygens (including phenoxy) is 1. The van der Waals surface area contributed by atoms with Crippen molar-refractivity contribution in [3.8, 4) is 17.0 Å². The van der Waals surface area contributed by atoms with Crippen LogP contribution in [0.1, 0.15) is 12.8 Å². The summed E-state index contributed by atoms with van der Waals surface area (Å²) in [4.78, 5) is 4.68. The molecule has 2 aromatic carbocycles. The van der Waals surface area contributed by atoms with Crippen LogP contribution in [0.3, 0.4) is 0 Å². The van der Waals surface area contributed by atoms with Crippen LogP contribution in [0.4, 0.5) is 4.39 Å². The summed E-state index contributed by atoms with van der Waals surface area (Å²) in [6.45, 7) is 0.499. The smallest absolute Gasteiger partial charge is 0.185 e. The number of rotatable bonds is 5. The molecule has 0 atom stereocenters. The third-order valence-corrected chi connectivity index (χ3v) is 5.14. The van der Waals surface area contributed by atoms with E-state index in [0.29, 0.717) is 18.1 Å². The highest BCUT2D eigenvalue weighted by atomic mass is 19.1. The van der Waals surface area contributed by atoms with Gasteiger partial charge in [-0.3, -0.25) is 4.99 Å². The Morgan fingerprint density at radius 1 is 1.27 bits per heavy atom. The molecule has 0 saturated heterocycles. The Kier molecular flexibility index (Phi) is 5.49. The van der Waals surface area contributed by atoms with Gasteiger partial charge in [-0.2, -0.15) is 5.10 Å². The molecule has 0 saturated carbocycles. The van der Waals surface area contributed by atoms with Crippen molar-refractivity contribution < 1.29 is 9.13 Å². The van der Waals surface area contributed by atoms with Crippen LogP contribution in [0.2, 0.25) is 0 Å². The molecule has 4 rings (SSSR count). The first-order chi connectivity index (χ1) is 14.6. The first-order valence-corrected chi connectivity index (χ1v) is 9.58. The number of nitrogens with zero attached hydrogens (tertiary/aromatic N) is 3. The second-order valence-electron chi connectivity index (χ2n) is 6.96. The molecule has 30 heavy (non-hydrogen) atoms. The molecule has 1 aromatic heterocycles. The molecule has 0 aliphatic carbocycles. The maximum Gasteiger partial charge on any atom is 0.185 e. The molecule has 1 aliphatic rings. The Hall–Kier alpha value is -3.65. The molecule has 0 spiro atoms. The number of nitrogens with two attached hydrogens (primary N) is 2. The van der Waals surface area contributed by atoms with Crippen molar-refractivity contribution in [3.05, 3.63) is 66.1 Å². The lowest BCUT2D eigenvalue weighted by Crippen LogP contribution is -2.33. The summed E-state index contributed by atoms with van der Waals surface area (Å²) in [5, 5.41) is 4.54. The molecule has 5 N–H and O–H groups in total. The van der Waals surface area contributed by atoms with Crippen LogP contribution in [0.25, 0.3) is 22.2 Å². The van der Waals surface area contributed by atoms with Crippen LogP contribution >= 0.6 is 0 Å². The summed E-state index contributed by atoms with van der Waals surface area (Å²) in [7, 11) is 1.46. The van der Waals surface area contributed by atoms with Crippen LogP contribution in [0, 0.1) is 5.82 Å². The van der Waals surface area contributed by atoms with Crippen molar-refractivity contribution in [2.45, 2.75) is 19.4 Å². The number of methoxy groups -OCH3 is 1. The number of hydrazine groups is 1. The predicted octanol–water partition coefficient (Wildman–Crippen LogP) is 3.31. The number of fused-ring (bicyclic) bond motifs is 1. The minimum atomic E-state index is -0.403. The molecule has 8 heteroatoms. The van der Waals surface area contributed by atoms with Crippen molar-refractivity contribution in [2.24, 2.45) is 21.8 Å². The largest absolute Gasteiger partial charge is 0.494 e. The second kappa shape index (κ2) is 8.38. The average molecular weight is 406 g/mol. The van der Waals surface area contributed by atoms with E-state index in [1.807, 2.05) is 42.5 Å².